The molecule has 1 heteroatoms. The van der Waals surface area contributed by atoms with Gasteiger partial charge in [-0.25, -0.2) is 0 Å². The van der Waals surface area contributed by atoms with E-state index in [1.54, 1.807) is 0 Å². The second kappa shape index (κ2) is 34.2. The summed E-state index contributed by atoms with van der Waals surface area (Å²) in [4.78, 5) is 0. The Morgan fingerprint density at radius 1 is 0.579 bits per heavy atom. The van der Waals surface area contributed by atoms with Gasteiger partial charge in [0.1, 0.15) is 0 Å². The third kappa shape index (κ3) is 29.7. The van der Waals surface area contributed by atoms with Gasteiger partial charge in [-0.2, -0.15) is 0 Å². The van der Waals surface area contributed by atoms with Crippen LogP contribution in [0.2, 0.25) is 0 Å². The van der Waals surface area contributed by atoms with Crippen LogP contribution in [0.5, 0.6) is 0 Å². The molecule has 0 aliphatic rings. The number of rotatable bonds is 21. The minimum Gasteiger partial charge on any atom is -0.324 e. The van der Waals surface area contributed by atoms with Crippen LogP contribution in [0.25, 0.3) is 0 Å². The van der Waals surface area contributed by atoms with Crippen molar-refractivity contribution in [3.63, 3.8) is 0 Å². The fraction of sp³-hybridized carbons (Fsp3) is 0.838. The van der Waals surface area contributed by atoms with E-state index in [0.29, 0.717) is 5.92 Å². The molecule has 0 saturated carbocycles. The second-order valence-electron chi connectivity index (χ2n) is 11.4. The van der Waals surface area contributed by atoms with Crippen LogP contribution < -0.4 is 5.73 Å². The summed E-state index contributed by atoms with van der Waals surface area (Å²) in [5, 5.41) is 0. The first-order chi connectivity index (χ1) is 18.2. The van der Waals surface area contributed by atoms with Gasteiger partial charge in [0, 0.05) is 6.04 Å². The quantitative estimate of drug-likeness (QED) is 0.0882. The highest BCUT2D eigenvalue weighted by atomic mass is 14.6. The Hall–Kier alpha value is -0.820. The Morgan fingerprint density at radius 3 is 1.21 bits per heavy atom. The molecule has 3 unspecified atom stereocenters. The van der Waals surface area contributed by atoms with Crippen molar-refractivity contribution in [2.45, 2.75) is 185 Å². The van der Waals surface area contributed by atoms with Crippen molar-refractivity contribution in [2.24, 2.45) is 23.5 Å². The van der Waals surface area contributed by atoms with E-state index in [9.17, 15) is 0 Å². The first-order valence-corrected chi connectivity index (χ1v) is 16.8. The molecule has 0 rings (SSSR count). The van der Waals surface area contributed by atoms with Crippen LogP contribution >= 0.6 is 0 Å². The summed E-state index contributed by atoms with van der Waals surface area (Å²) in [5.41, 5.74) is 9.89. The summed E-state index contributed by atoms with van der Waals surface area (Å²) in [6.45, 7) is 34.1. The average Bonchev–Trinajstić information content (AvgIpc) is 2.92. The summed E-state index contributed by atoms with van der Waals surface area (Å²) in [6.07, 6.45) is 22.8. The van der Waals surface area contributed by atoms with Gasteiger partial charge >= 0.3 is 0 Å². The Bertz CT molecular complexity index is 499. The van der Waals surface area contributed by atoms with Gasteiger partial charge < -0.3 is 5.73 Å². The second-order valence-corrected chi connectivity index (χ2v) is 11.4. The third-order valence-electron chi connectivity index (χ3n) is 7.57. The highest BCUT2D eigenvalue weighted by Gasteiger charge is 2.11. The zero-order valence-electron chi connectivity index (χ0n) is 28.8. The molecule has 0 aromatic rings. The number of allylic oxidation sites excluding steroid dienone is 1. The average molecular weight is 536 g/mol. The minimum absolute atomic E-state index is 0.0606. The predicted molar refractivity (Wildman–Crippen MR) is 182 cm³/mol. The zero-order valence-corrected chi connectivity index (χ0v) is 28.8. The monoisotopic (exact) mass is 536 g/mol. The summed E-state index contributed by atoms with van der Waals surface area (Å²) >= 11 is 0. The molecule has 0 aromatic carbocycles. The number of unbranched alkanes of at least 4 members (excludes halogenated alkanes) is 12. The molecule has 0 radical (unpaired) electrons. The lowest BCUT2D eigenvalue weighted by molar-refractivity contribution is 0.397. The molecule has 38 heavy (non-hydrogen) atoms. The summed E-state index contributed by atoms with van der Waals surface area (Å²) in [7, 11) is 0. The van der Waals surface area contributed by atoms with Gasteiger partial charge in [-0.1, -0.05) is 157 Å². The molecule has 3 atom stereocenters. The molecule has 0 spiro atoms. The van der Waals surface area contributed by atoms with Gasteiger partial charge in [0.25, 0.3) is 0 Å². The Kier molecular flexibility index (Phi) is 39.8. The highest BCUT2D eigenvalue weighted by Crippen LogP contribution is 2.25. The zero-order chi connectivity index (χ0) is 30.4. The predicted octanol–water partition coefficient (Wildman–Crippen LogP) is 13.3. The van der Waals surface area contributed by atoms with Crippen molar-refractivity contribution >= 4 is 0 Å². The maximum Gasteiger partial charge on any atom is 0.0262 e. The van der Waals surface area contributed by atoms with Crippen molar-refractivity contribution in [3.8, 4) is 0 Å². The van der Waals surface area contributed by atoms with Gasteiger partial charge in [0.15, 0.2) is 0 Å². The molecule has 0 aliphatic heterocycles. The van der Waals surface area contributed by atoms with Gasteiger partial charge in [-0.15, -0.1) is 13.2 Å². The molecule has 0 heterocycles. The van der Waals surface area contributed by atoms with Crippen LogP contribution in [0.15, 0.2) is 36.5 Å². The Labute approximate surface area is 244 Å². The van der Waals surface area contributed by atoms with Gasteiger partial charge in [-0.3, -0.25) is 0 Å². The van der Waals surface area contributed by atoms with E-state index < -0.39 is 0 Å². The molecular formula is C37H77N. The van der Waals surface area contributed by atoms with Crippen molar-refractivity contribution in [1.82, 2.24) is 0 Å². The van der Waals surface area contributed by atoms with Gasteiger partial charge in [0.05, 0.1) is 0 Å². The number of hydrogen-bond acceptors (Lipinski definition) is 1. The molecule has 0 amide bonds. The standard InChI is InChI=1S/C31H61N.2C2H6.C2H4/c1-25(2)24-26(3)22-20-18-16-14-12-10-9-11-13-15-17-19-21-23-27(4)28(5)29(6)30(7)31(8)32;3*1-2/h25-27,31H,7,9-24,32H2,1-6,8H3;2*1-2H3;1-2H2/b29-28-;;;. The molecule has 0 aromatic heterocycles. The molecule has 0 fully saturated rings. The molecule has 2 N–H and O–H groups in total. The van der Waals surface area contributed by atoms with Crippen molar-refractivity contribution in [3.05, 3.63) is 36.5 Å². The molecule has 230 valence electrons. The molecule has 1 nitrogen and oxygen atoms in total. The van der Waals surface area contributed by atoms with Crippen LogP contribution in [0.1, 0.15) is 179 Å². The van der Waals surface area contributed by atoms with Crippen LogP contribution in [-0.4, -0.2) is 6.04 Å². The van der Waals surface area contributed by atoms with Crippen LogP contribution in [0.3, 0.4) is 0 Å². The van der Waals surface area contributed by atoms with Crippen molar-refractivity contribution in [2.75, 3.05) is 0 Å². The topological polar surface area (TPSA) is 26.0 Å². The largest absolute Gasteiger partial charge is 0.324 e. The lowest BCUT2D eigenvalue weighted by Crippen LogP contribution is -2.19. The van der Waals surface area contributed by atoms with Crippen molar-refractivity contribution in [1.29, 1.82) is 0 Å². The number of nitrogens with two attached hydrogens (primary N) is 1. The molecule has 0 bridgehead atoms. The summed E-state index contributed by atoms with van der Waals surface area (Å²) in [6, 6.07) is 0.0606. The van der Waals surface area contributed by atoms with Crippen LogP contribution in [0, 0.1) is 17.8 Å². The van der Waals surface area contributed by atoms with E-state index in [0.717, 1.165) is 17.4 Å². The molecule has 0 saturated heterocycles. The van der Waals surface area contributed by atoms with E-state index >= 15 is 0 Å². The lowest BCUT2D eigenvalue weighted by atomic mass is 9.88. The van der Waals surface area contributed by atoms with E-state index in [1.807, 2.05) is 34.6 Å². The van der Waals surface area contributed by atoms with E-state index in [-0.39, 0.29) is 6.04 Å². The lowest BCUT2D eigenvalue weighted by Gasteiger charge is -2.19. The van der Waals surface area contributed by atoms with Crippen LogP contribution in [0.4, 0.5) is 0 Å². The third-order valence-corrected chi connectivity index (χ3v) is 7.57. The maximum atomic E-state index is 5.99. The first-order valence-electron chi connectivity index (χ1n) is 16.8. The summed E-state index contributed by atoms with van der Waals surface area (Å²) in [5.74, 6) is 2.44. The highest BCUT2D eigenvalue weighted by molar-refractivity contribution is 5.34. The first kappa shape index (κ1) is 44.2. The Morgan fingerprint density at radius 2 is 0.895 bits per heavy atom. The van der Waals surface area contributed by atoms with Crippen molar-refractivity contribution < 1.29 is 0 Å². The SMILES string of the molecule is C=C.C=C(/C(C)=C(/C)C(C)CCCCCCCCCCCCCCCC(C)CC(C)C)C(C)N.CC.CC. The van der Waals surface area contributed by atoms with Gasteiger partial charge in [-0.05, 0) is 62.5 Å². The normalized spacial score (nSPS) is 13.5. The fourth-order valence-electron chi connectivity index (χ4n) is 4.99. The van der Waals surface area contributed by atoms with E-state index in [2.05, 4.69) is 61.3 Å². The number of hydrogen-bond donors (Lipinski definition) is 1. The van der Waals surface area contributed by atoms with E-state index in [4.69, 9.17) is 5.73 Å². The fourth-order valence-corrected chi connectivity index (χ4v) is 4.99. The molecule has 0 aliphatic carbocycles. The Balaban J connectivity index is -0.000000892. The minimum atomic E-state index is 0.0606. The maximum absolute atomic E-state index is 5.99. The summed E-state index contributed by atoms with van der Waals surface area (Å²) < 4.78 is 0. The van der Waals surface area contributed by atoms with Crippen LogP contribution in [-0.2, 0) is 0 Å². The van der Waals surface area contributed by atoms with Gasteiger partial charge in [0.2, 0.25) is 0 Å². The van der Waals surface area contributed by atoms with E-state index in [1.165, 1.54) is 114 Å². The molecular weight excluding hydrogens is 458 g/mol. The smallest absolute Gasteiger partial charge is 0.0262 e.